The molecule has 5 nitrogen and oxygen atoms in total. The number of amides is 1. The zero-order chi connectivity index (χ0) is 13.4. The van der Waals surface area contributed by atoms with E-state index in [9.17, 15) is 9.90 Å². The third kappa shape index (κ3) is 2.07. The Kier molecular flexibility index (Phi) is 2.74. The van der Waals surface area contributed by atoms with Gasteiger partial charge in [-0.2, -0.15) is 0 Å². The monoisotopic (exact) mass is 258 g/mol. The van der Waals surface area contributed by atoms with Gasteiger partial charge in [-0.15, -0.1) is 0 Å². The van der Waals surface area contributed by atoms with E-state index in [1.165, 1.54) is 11.8 Å². The fourth-order valence-electron chi connectivity index (χ4n) is 2.36. The van der Waals surface area contributed by atoms with Gasteiger partial charge >= 0.3 is 0 Å². The number of aromatic nitrogens is 1. The van der Waals surface area contributed by atoms with E-state index in [4.69, 9.17) is 4.52 Å². The summed E-state index contributed by atoms with van der Waals surface area (Å²) < 4.78 is 5.00. The van der Waals surface area contributed by atoms with Crippen LogP contribution < -0.4 is 0 Å². The topological polar surface area (TPSA) is 66.6 Å². The third-order valence-electron chi connectivity index (χ3n) is 3.43. The largest absolute Gasteiger partial charge is 0.508 e. The average molecular weight is 258 g/mol. The molecule has 1 aromatic carbocycles. The number of phenolic OH excluding ortho intramolecular Hbond substituents is 1. The quantitative estimate of drug-likeness (QED) is 0.848. The Morgan fingerprint density at radius 3 is 3.00 bits per heavy atom. The van der Waals surface area contributed by atoms with Crippen LogP contribution >= 0.6 is 0 Å². The minimum absolute atomic E-state index is 0.149. The lowest BCUT2D eigenvalue weighted by atomic mass is 9.99. The number of nitrogens with zero attached hydrogens (tertiary/aromatic N) is 2. The highest BCUT2D eigenvalue weighted by molar-refractivity contribution is 5.92. The van der Waals surface area contributed by atoms with Crippen molar-refractivity contribution < 1.29 is 14.4 Å². The summed E-state index contributed by atoms with van der Waals surface area (Å²) in [4.78, 5) is 14.0. The average Bonchev–Trinajstić information content (AvgIpc) is 2.83. The molecule has 3 rings (SSSR count). The SMILES string of the molecule is Cc1cnoc1C(=O)N1CCc2ccc(O)cc2C1. The van der Waals surface area contributed by atoms with Crippen molar-refractivity contribution in [2.45, 2.75) is 19.9 Å². The molecule has 0 spiro atoms. The van der Waals surface area contributed by atoms with Gasteiger partial charge in [-0.25, -0.2) is 0 Å². The lowest BCUT2D eigenvalue weighted by Crippen LogP contribution is -2.36. The molecule has 1 aliphatic heterocycles. The van der Waals surface area contributed by atoms with Gasteiger partial charge in [-0.3, -0.25) is 4.79 Å². The van der Waals surface area contributed by atoms with Crippen molar-refractivity contribution in [1.82, 2.24) is 10.1 Å². The zero-order valence-corrected chi connectivity index (χ0v) is 10.6. The molecule has 0 radical (unpaired) electrons. The van der Waals surface area contributed by atoms with Crippen molar-refractivity contribution in [3.8, 4) is 5.75 Å². The van der Waals surface area contributed by atoms with Crippen LogP contribution in [0.3, 0.4) is 0 Å². The van der Waals surface area contributed by atoms with Crippen molar-refractivity contribution in [3.63, 3.8) is 0 Å². The van der Waals surface area contributed by atoms with Crippen molar-refractivity contribution >= 4 is 5.91 Å². The molecule has 5 heteroatoms. The fraction of sp³-hybridized carbons (Fsp3) is 0.286. The predicted octanol–water partition coefficient (Wildman–Crippen LogP) is 1.89. The first-order chi connectivity index (χ1) is 9.15. The molecule has 2 aromatic rings. The Balaban J connectivity index is 1.86. The molecule has 1 aliphatic rings. The van der Waals surface area contributed by atoms with E-state index in [0.717, 1.165) is 17.5 Å². The molecule has 1 aromatic heterocycles. The number of hydrogen-bond acceptors (Lipinski definition) is 4. The summed E-state index contributed by atoms with van der Waals surface area (Å²) in [5.41, 5.74) is 2.90. The highest BCUT2D eigenvalue weighted by Crippen LogP contribution is 2.24. The summed E-state index contributed by atoms with van der Waals surface area (Å²) in [6.07, 6.45) is 2.32. The number of aromatic hydroxyl groups is 1. The molecular weight excluding hydrogens is 244 g/mol. The maximum Gasteiger partial charge on any atom is 0.293 e. The van der Waals surface area contributed by atoms with Gasteiger partial charge in [0, 0.05) is 18.7 Å². The number of carbonyl (C=O) groups excluding carboxylic acids is 1. The van der Waals surface area contributed by atoms with E-state index >= 15 is 0 Å². The fourth-order valence-corrected chi connectivity index (χ4v) is 2.36. The second-order valence-electron chi connectivity index (χ2n) is 4.77. The number of benzene rings is 1. The first kappa shape index (κ1) is 11.8. The normalized spacial score (nSPS) is 14.3. The van der Waals surface area contributed by atoms with E-state index in [2.05, 4.69) is 5.16 Å². The van der Waals surface area contributed by atoms with Gasteiger partial charge in [-0.05, 0) is 36.6 Å². The minimum Gasteiger partial charge on any atom is -0.508 e. The molecule has 1 amide bonds. The molecule has 1 N–H and O–H groups in total. The van der Waals surface area contributed by atoms with Crippen LogP contribution in [0.15, 0.2) is 28.9 Å². The standard InChI is InChI=1S/C14H14N2O3/c1-9-7-15-19-13(9)14(18)16-5-4-10-2-3-12(17)6-11(10)8-16/h2-3,6-7,17H,4-5,8H2,1H3. The Bertz CT molecular complexity index is 633. The molecule has 0 aliphatic carbocycles. The summed E-state index contributed by atoms with van der Waals surface area (Å²) in [5.74, 6) is 0.372. The van der Waals surface area contributed by atoms with Crippen LogP contribution in [0, 0.1) is 6.92 Å². The molecule has 98 valence electrons. The maximum atomic E-state index is 12.3. The van der Waals surface area contributed by atoms with Gasteiger partial charge in [-0.1, -0.05) is 11.2 Å². The molecule has 0 fully saturated rings. The van der Waals surface area contributed by atoms with E-state index in [-0.39, 0.29) is 11.7 Å². The maximum absolute atomic E-state index is 12.3. The third-order valence-corrected chi connectivity index (χ3v) is 3.43. The first-order valence-corrected chi connectivity index (χ1v) is 6.16. The van der Waals surface area contributed by atoms with Crippen LogP contribution in [0.1, 0.15) is 27.2 Å². The van der Waals surface area contributed by atoms with E-state index in [1.807, 2.05) is 6.07 Å². The van der Waals surface area contributed by atoms with E-state index in [0.29, 0.717) is 18.8 Å². The Morgan fingerprint density at radius 1 is 1.42 bits per heavy atom. The van der Waals surface area contributed by atoms with Crippen molar-refractivity contribution in [2.75, 3.05) is 6.54 Å². The van der Waals surface area contributed by atoms with Crippen molar-refractivity contribution in [2.24, 2.45) is 0 Å². The molecule has 19 heavy (non-hydrogen) atoms. The van der Waals surface area contributed by atoms with Gasteiger partial charge in [0.1, 0.15) is 5.75 Å². The van der Waals surface area contributed by atoms with E-state index in [1.54, 1.807) is 24.0 Å². The minimum atomic E-state index is -0.149. The summed E-state index contributed by atoms with van der Waals surface area (Å²) in [6.45, 7) is 2.94. The van der Waals surface area contributed by atoms with Crippen LogP contribution in [0.25, 0.3) is 0 Å². The first-order valence-electron chi connectivity index (χ1n) is 6.16. The van der Waals surface area contributed by atoms with Crippen LogP contribution in [0.5, 0.6) is 5.75 Å². The highest BCUT2D eigenvalue weighted by Gasteiger charge is 2.25. The molecule has 0 unspecified atom stereocenters. The number of rotatable bonds is 1. The molecule has 2 heterocycles. The zero-order valence-electron chi connectivity index (χ0n) is 10.6. The summed E-state index contributed by atoms with van der Waals surface area (Å²) in [5, 5.41) is 13.1. The Hall–Kier alpha value is -2.30. The summed E-state index contributed by atoms with van der Waals surface area (Å²) in [7, 11) is 0. The number of hydrogen-bond donors (Lipinski definition) is 1. The second-order valence-corrected chi connectivity index (χ2v) is 4.77. The number of phenols is 1. The number of carbonyl (C=O) groups is 1. The summed E-state index contributed by atoms with van der Waals surface area (Å²) >= 11 is 0. The Labute approximate surface area is 110 Å². The molecule has 0 bridgehead atoms. The van der Waals surface area contributed by atoms with Gasteiger partial charge in [0.25, 0.3) is 5.91 Å². The van der Waals surface area contributed by atoms with Crippen LogP contribution in [0.4, 0.5) is 0 Å². The predicted molar refractivity (Wildman–Crippen MR) is 67.8 cm³/mol. The molecule has 0 saturated heterocycles. The molecular formula is C14H14N2O3. The lowest BCUT2D eigenvalue weighted by molar-refractivity contribution is 0.0691. The van der Waals surface area contributed by atoms with Gasteiger partial charge in [0.2, 0.25) is 5.76 Å². The van der Waals surface area contributed by atoms with Crippen molar-refractivity contribution in [1.29, 1.82) is 0 Å². The number of fused-ring (bicyclic) bond motifs is 1. The van der Waals surface area contributed by atoms with Crippen LogP contribution in [-0.4, -0.2) is 27.6 Å². The lowest BCUT2D eigenvalue weighted by Gasteiger charge is -2.28. The van der Waals surface area contributed by atoms with Crippen LogP contribution in [-0.2, 0) is 13.0 Å². The smallest absolute Gasteiger partial charge is 0.293 e. The number of aryl methyl sites for hydroxylation is 1. The van der Waals surface area contributed by atoms with Gasteiger partial charge in [0.05, 0.1) is 6.20 Å². The van der Waals surface area contributed by atoms with Gasteiger partial charge in [0.15, 0.2) is 0 Å². The highest BCUT2D eigenvalue weighted by atomic mass is 16.5. The second kappa shape index (κ2) is 4.42. The van der Waals surface area contributed by atoms with Gasteiger partial charge < -0.3 is 14.5 Å². The molecule has 0 saturated carbocycles. The van der Waals surface area contributed by atoms with E-state index < -0.39 is 0 Å². The van der Waals surface area contributed by atoms with Crippen molar-refractivity contribution in [3.05, 3.63) is 46.8 Å². The summed E-state index contributed by atoms with van der Waals surface area (Å²) in [6, 6.07) is 5.30. The van der Waals surface area contributed by atoms with Crippen LogP contribution in [0.2, 0.25) is 0 Å². The Morgan fingerprint density at radius 2 is 2.26 bits per heavy atom. The molecule has 0 atom stereocenters.